The second kappa shape index (κ2) is 6.10. The van der Waals surface area contributed by atoms with Crippen LogP contribution < -0.4 is 5.32 Å². The van der Waals surface area contributed by atoms with Crippen LogP contribution in [0.25, 0.3) is 0 Å². The molecule has 104 valence electrons. The van der Waals surface area contributed by atoms with Gasteiger partial charge in [0.05, 0.1) is 6.04 Å². The van der Waals surface area contributed by atoms with Crippen molar-refractivity contribution in [2.75, 3.05) is 0 Å². The summed E-state index contributed by atoms with van der Waals surface area (Å²) in [5.74, 6) is -0.0707. The third-order valence-electron chi connectivity index (χ3n) is 3.57. The molecule has 0 saturated heterocycles. The third kappa shape index (κ3) is 3.02. The smallest absolute Gasteiger partial charge is 0.252 e. The van der Waals surface area contributed by atoms with Crippen LogP contribution in [0.3, 0.4) is 0 Å². The Morgan fingerprint density at radius 3 is 2.50 bits per heavy atom. The Labute approximate surface area is 124 Å². The number of carbonyl (C=O) groups excluding carboxylic acids is 1. The van der Waals surface area contributed by atoms with Gasteiger partial charge < -0.3 is 5.32 Å². The number of nitrogens with one attached hydrogen (secondary N) is 1. The summed E-state index contributed by atoms with van der Waals surface area (Å²) in [4.78, 5) is 12.4. The lowest BCUT2D eigenvalue weighted by molar-refractivity contribution is 0.0939. The first-order valence-electron chi connectivity index (χ1n) is 6.62. The quantitative estimate of drug-likeness (QED) is 0.888. The van der Waals surface area contributed by atoms with E-state index in [1.807, 2.05) is 63.2 Å². The Balaban J connectivity index is 2.20. The topological polar surface area (TPSA) is 29.1 Å². The fraction of sp³-hybridized carbons (Fsp3) is 0.235. The standard InChI is InChI=1S/C17H18ClNO/c1-11-7-6-9-14(12(11)2)17(20)19-13(3)15-8-4-5-10-16(15)18/h4-10,13H,1-3H3,(H,19,20)/t13-/m1/s1. The first-order chi connectivity index (χ1) is 9.50. The molecule has 0 unspecified atom stereocenters. The van der Waals surface area contributed by atoms with Gasteiger partial charge in [-0.2, -0.15) is 0 Å². The molecular formula is C17H18ClNO. The zero-order chi connectivity index (χ0) is 14.7. The molecule has 1 atom stereocenters. The van der Waals surface area contributed by atoms with E-state index in [1.165, 1.54) is 0 Å². The van der Waals surface area contributed by atoms with Crippen molar-refractivity contribution in [3.8, 4) is 0 Å². The van der Waals surface area contributed by atoms with Crippen molar-refractivity contribution in [2.24, 2.45) is 0 Å². The Hall–Kier alpha value is -1.80. The van der Waals surface area contributed by atoms with E-state index in [0.717, 1.165) is 16.7 Å². The van der Waals surface area contributed by atoms with Crippen molar-refractivity contribution in [3.63, 3.8) is 0 Å². The second-order valence-electron chi connectivity index (χ2n) is 4.96. The lowest BCUT2D eigenvalue weighted by Gasteiger charge is -2.17. The summed E-state index contributed by atoms with van der Waals surface area (Å²) < 4.78 is 0. The van der Waals surface area contributed by atoms with Gasteiger partial charge in [-0.15, -0.1) is 0 Å². The summed E-state index contributed by atoms with van der Waals surface area (Å²) in [6.45, 7) is 5.90. The second-order valence-corrected chi connectivity index (χ2v) is 5.37. The van der Waals surface area contributed by atoms with E-state index in [9.17, 15) is 4.79 Å². The molecule has 0 saturated carbocycles. The van der Waals surface area contributed by atoms with Gasteiger partial charge in [-0.05, 0) is 49.6 Å². The molecule has 0 fully saturated rings. The molecule has 1 N–H and O–H groups in total. The van der Waals surface area contributed by atoms with Crippen molar-refractivity contribution in [2.45, 2.75) is 26.8 Å². The van der Waals surface area contributed by atoms with Gasteiger partial charge >= 0.3 is 0 Å². The van der Waals surface area contributed by atoms with Gasteiger partial charge in [0, 0.05) is 10.6 Å². The average Bonchev–Trinajstić information content (AvgIpc) is 2.42. The van der Waals surface area contributed by atoms with Crippen molar-refractivity contribution >= 4 is 17.5 Å². The fourth-order valence-corrected chi connectivity index (χ4v) is 2.47. The fourth-order valence-electron chi connectivity index (χ4n) is 2.18. The number of hydrogen-bond donors (Lipinski definition) is 1. The maximum atomic E-state index is 12.4. The number of rotatable bonds is 3. The zero-order valence-corrected chi connectivity index (χ0v) is 12.7. The third-order valence-corrected chi connectivity index (χ3v) is 3.91. The van der Waals surface area contributed by atoms with Crippen LogP contribution in [0.4, 0.5) is 0 Å². The number of aryl methyl sites for hydroxylation is 1. The molecule has 0 spiro atoms. The van der Waals surface area contributed by atoms with Crippen LogP contribution in [0, 0.1) is 13.8 Å². The molecule has 0 radical (unpaired) electrons. The number of amides is 1. The van der Waals surface area contributed by atoms with Crippen molar-refractivity contribution < 1.29 is 4.79 Å². The molecule has 2 aromatic carbocycles. The van der Waals surface area contributed by atoms with Crippen LogP contribution in [-0.2, 0) is 0 Å². The van der Waals surface area contributed by atoms with Gasteiger partial charge in [-0.25, -0.2) is 0 Å². The highest BCUT2D eigenvalue weighted by Gasteiger charge is 2.15. The Bertz CT molecular complexity index is 637. The summed E-state index contributed by atoms with van der Waals surface area (Å²) in [5, 5.41) is 3.67. The first-order valence-corrected chi connectivity index (χ1v) is 7.00. The molecule has 0 bridgehead atoms. The molecule has 20 heavy (non-hydrogen) atoms. The van der Waals surface area contributed by atoms with Gasteiger partial charge in [-0.1, -0.05) is 41.9 Å². The van der Waals surface area contributed by atoms with Gasteiger partial charge in [0.15, 0.2) is 0 Å². The number of halogens is 1. The molecule has 2 nitrogen and oxygen atoms in total. The highest BCUT2D eigenvalue weighted by atomic mass is 35.5. The maximum absolute atomic E-state index is 12.4. The monoisotopic (exact) mass is 287 g/mol. The van der Waals surface area contributed by atoms with E-state index in [0.29, 0.717) is 10.6 Å². The predicted molar refractivity (Wildman–Crippen MR) is 83.2 cm³/mol. The van der Waals surface area contributed by atoms with E-state index in [-0.39, 0.29) is 11.9 Å². The number of carbonyl (C=O) groups is 1. The lowest BCUT2D eigenvalue weighted by atomic mass is 10.0. The molecule has 0 aliphatic rings. The molecule has 2 rings (SSSR count). The minimum atomic E-state index is -0.129. The highest BCUT2D eigenvalue weighted by molar-refractivity contribution is 6.31. The first kappa shape index (κ1) is 14.6. The zero-order valence-electron chi connectivity index (χ0n) is 11.9. The van der Waals surface area contributed by atoms with Crippen LogP contribution in [0.15, 0.2) is 42.5 Å². The van der Waals surface area contributed by atoms with Crippen molar-refractivity contribution in [3.05, 3.63) is 69.7 Å². The van der Waals surface area contributed by atoms with E-state index >= 15 is 0 Å². The van der Waals surface area contributed by atoms with E-state index in [2.05, 4.69) is 5.32 Å². The minimum Gasteiger partial charge on any atom is -0.345 e. The Morgan fingerprint density at radius 1 is 1.10 bits per heavy atom. The molecule has 3 heteroatoms. The van der Waals surface area contributed by atoms with Crippen molar-refractivity contribution in [1.29, 1.82) is 0 Å². The molecule has 0 aromatic heterocycles. The molecule has 0 aliphatic heterocycles. The van der Waals surface area contributed by atoms with E-state index in [4.69, 9.17) is 11.6 Å². The van der Waals surface area contributed by atoms with Crippen LogP contribution in [0.5, 0.6) is 0 Å². The summed E-state index contributed by atoms with van der Waals surface area (Å²) >= 11 is 6.15. The molecular weight excluding hydrogens is 270 g/mol. The normalized spacial score (nSPS) is 12.0. The van der Waals surface area contributed by atoms with Gasteiger partial charge in [-0.3, -0.25) is 4.79 Å². The Kier molecular flexibility index (Phi) is 4.46. The van der Waals surface area contributed by atoms with E-state index < -0.39 is 0 Å². The van der Waals surface area contributed by atoms with Gasteiger partial charge in [0.25, 0.3) is 5.91 Å². The molecule has 0 heterocycles. The SMILES string of the molecule is Cc1cccc(C(=O)N[C@H](C)c2ccccc2Cl)c1C. The highest BCUT2D eigenvalue weighted by Crippen LogP contribution is 2.23. The van der Waals surface area contributed by atoms with Crippen LogP contribution >= 0.6 is 11.6 Å². The number of benzene rings is 2. The summed E-state index contributed by atoms with van der Waals surface area (Å²) in [7, 11) is 0. The van der Waals surface area contributed by atoms with Crippen LogP contribution in [0.2, 0.25) is 5.02 Å². The van der Waals surface area contributed by atoms with Gasteiger partial charge in [0.1, 0.15) is 0 Å². The van der Waals surface area contributed by atoms with Gasteiger partial charge in [0.2, 0.25) is 0 Å². The van der Waals surface area contributed by atoms with E-state index in [1.54, 1.807) is 0 Å². The lowest BCUT2D eigenvalue weighted by Crippen LogP contribution is -2.27. The summed E-state index contributed by atoms with van der Waals surface area (Å²) in [6.07, 6.45) is 0. The molecule has 2 aromatic rings. The van der Waals surface area contributed by atoms with Crippen molar-refractivity contribution in [1.82, 2.24) is 5.32 Å². The maximum Gasteiger partial charge on any atom is 0.252 e. The molecule has 0 aliphatic carbocycles. The van der Waals surface area contributed by atoms with Crippen LogP contribution in [-0.4, -0.2) is 5.91 Å². The molecule has 1 amide bonds. The minimum absolute atomic E-state index is 0.0707. The largest absolute Gasteiger partial charge is 0.345 e. The summed E-state index contributed by atoms with van der Waals surface area (Å²) in [5.41, 5.74) is 3.76. The average molecular weight is 288 g/mol. The predicted octanol–water partition coefficient (Wildman–Crippen LogP) is 4.45. The summed E-state index contributed by atoms with van der Waals surface area (Å²) in [6, 6.07) is 13.2. The number of hydrogen-bond acceptors (Lipinski definition) is 1. The Morgan fingerprint density at radius 2 is 1.80 bits per heavy atom. The van der Waals surface area contributed by atoms with Crippen LogP contribution in [0.1, 0.15) is 40.0 Å².